The minimum absolute atomic E-state index is 0.263. The van der Waals surface area contributed by atoms with Crippen molar-refractivity contribution in [1.82, 2.24) is 4.98 Å². The molecule has 0 unspecified atom stereocenters. The van der Waals surface area contributed by atoms with Gasteiger partial charge in [-0.25, -0.2) is 4.98 Å². The van der Waals surface area contributed by atoms with Crippen molar-refractivity contribution in [3.8, 4) is 5.75 Å². The smallest absolute Gasteiger partial charge is 0.261 e. The summed E-state index contributed by atoms with van der Waals surface area (Å²) in [5.41, 5.74) is 6.62. The molecule has 1 heterocycles. The topological polar surface area (TPSA) is 77.2 Å². The Morgan fingerprint density at radius 1 is 1.50 bits per heavy atom. The standard InChI is InChI=1S/C12H13N3O2S/c1-7-6-14-12(18-7)15-11(16)9-4-3-8(13)5-10(9)17-2/h3-6H,13H2,1-2H3,(H,14,15,16). The molecule has 2 aromatic rings. The summed E-state index contributed by atoms with van der Waals surface area (Å²) in [6, 6.07) is 4.90. The van der Waals surface area contributed by atoms with Crippen molar-refractivity contribution in [3.63, 3.8) is 0 Å². The number of aromatic nitrogens is 1. The lowest BCUT2D eigenvalue weighted by molar-refractivity contribution is 0.102. The van der Waals surface area contributed by atoms with Crippen LogP contribution >= 0.6 is 11.3 Å². The van der Waals surface area contributed by atoms with Crippen molar-refractivity contribution < 1.29 is 9.53 Å². The zero-order chi connectivity index (χ0) is 13.1. The van der Waals surface area contributed by atoms with Gasteiger partial charge in [0.25, 0.3) is 5.91 Å². The van der Waals surface area contributed by atoms with E-state index < -0.39 is 0 Å². The molecule has 0 aliphatic rings. The van der Waals surface area contributed by atoms with Crippen LogP contribution in [-0.4, -0.2) is 18.0 Å². The third kappa shape index (κ3) is 2.60. The number of ether oxygens (including phenoxy) is 1. The van der Waals surface area contributed by atoms with Gasteiger partial charge in [-0.1, -0.05) is 0 Å². The second kappa shape index (κ2) is 5.05. The summed E-state index contributed by atoms with van der Waals surface area (Å²) < 4.78 is 5.13. The van der Waals surface area contributed by atoms with Crippen LogP contribution in [0.25, 0.3) is 0 Å². The first-order chi connectivity index (χ1) is 8.60. The molecule has 18 heavy (non-hydrogen) atoms. The fourth-order valence-corrected chi connectivity index (χ4v) is 2.13. The Morgan fingerprint density at radius 3 is 2.89 bits per heavy atom. The van der Waals surface area contributed by atoms with Crippen molar-refractivity contribution in [2.75, 3.05) is 18.2 Å². The van der Waals surface area contributed by atoms with Gasteiger partial charge in [0.1, 0.15) is 5.75 Å². The molecule has 0 aliphatic heterocycles. The number of nitrogens with zero attached hydrogens (tertiary/aromatic N) is 1. The van der Waals surface area contributed by atoms with Crippen LogP contribution < -0.4 is 15.8 Å². The van der Waals surface area contributed by atoms with Crippen LogP contribution in [0.1, 0.15) is 15.2 Å². The van der Waals surface area contributed by atoms with Crippen LogP contribution in [0.4, 0.5) is 10.8 Å². The highest BCUT2D eigenvalue weighted by molar-refractivity contribution is 7.15. The Bertz CT molecular complexity index is 580. The van der Waals surface area contributed by atoms with Gasteiger partial charge in [0.15, 0.2) is 5.13 Å². The average Bonchev–Trinajstić information content (AvgIpc) is 2.74. The molecule has 0 saturated heterocycles. The number of carbonyl (C=O) groups is 1. The van der Waals surface area contributed by atoms with E-state index in [0.717, 1.165) is 4.88 Å². The highest BCUT2D eigenvalue weighted by Crippen LogP contribution is 2.23. The summed E-state index contributed by atoms with van der Waals surface area (Å²) in [4.78, 5) is 17.2. The number of benzene rings is 1. The van der Waals surface area contributed by atoms with E-state index in [1.54, 1.807) is 24.4 Å². The highest BCUT2D eigenvalue weighted by atomic mass is 32.1. The van der Waals surface area contributed by atoms with Gasteiger partial charge in [-0.05, 0) is 19.1 Å². The number of aryl methyl sites for hydroxylation is 1. The number of nitrogens with one attached hydrogen (secondary N) is 1. The monoisotopic (exact) mass is 263 g/mol. The van der Waals surface area contributed by atoms with E-state index in [-0.39, 0.29) is 5.91 Å². The maximum atomic E-state index is 12.0. The summed E-state index contributed by atoms with van der Waals surface area (Å²) in [5.74, 6) is 0.182. The quantitative estimate of drug-likeness (QED) is 0.833. The molecular weight excluding hydrogens is 250 g/mol. The number of rotatable bonds is 3. The number of thiazole rings is 1. The first-order valence-corrected chi connectivity index (χ1v) is 6.09. The van der Waals surface area contributed by atoms with Crippen molar-refractivity contribution in [2.24, 2.45) is 0 Å². The van der Waals surface area contributed by atoms with E-state index in [0.29, 0.717) is 22.1 Å². The SMILES string of the molecule is COc1cc(N)ccc1C(=O)Nc1ncc(C)s1. The van der Waals surface area contributed by atoms with Gasteiger partial charge < -0.3 is 10.5 Å². The van der Waals surface area contributed by atoms with Gasteiger partial charge in [0, 0.05) is 22.8 Å². The lowest BCUT2D eigenvalue weighted by Crippen LogP contribution is -2.13. The van der Waals surface area contributed by atoms with Crippen LogP contribution in [0.3, 0.4) is 0 Å². The van der Waals surface area contributed by atoms with Crippen LogP contribution in [0.2, 0.25) is 0 Å². The van der Waals surface area contributed by atoms with Crippen LogP contribution in [0.15, 0.2) is 24.4 Å². The van der Waals surface area contributed by atoms with Gasteiger partial charge in [-0.3, -0.25) is 10.1 Å². The molecule has 3 N–H and O–H groups in total. The predicted molar refractivity (Wildman–Crippen MR) is 72.2 cm³/mol. The van der Waals surface area contributed by atoms with E-state index in [4.69, 9.17) is 10.5 Å². The molecule has 0 fully saturated rings. The number of nitrogens with two attached hydrogens (primary N) is 1. The largest absolute Gasteiger partial charge is 0.496 e. The second-order valence-electron chi connectivity index (χ2n) is 3.69. The molecule has 0 bridgehead atoms. The number of carbonyl (C=O) groups excluding carboxylic acids is 1. The lowest BCUT2D eigenvalue weighted by Gasteiger charge is -2.08. The van der Waals surface area contributed by atoms with E-state index in [9.17, 15) is 4.79 Å². The molecule has 2 rings (SSSR count). The summed E-state index contributed by atoms with van der Waals surface area (Å²) in [6.45, 7) is 1.93. The Morgan fingerprint density at radius 2 is 2.28 bits per heavy atom. The Hall–Kier alpha value is -2.08. The molecule has 1 amide bonds. The Labute approximate surface area is 109 Å². The number of hydrogen-bond acceptors (Lipinski definition) is 5. The van der Waals surface area contributed by atoms with Gasteiger partial charge in [0.05, 0.1) is 12.7 Å². The second-order valence-corrected chi connectivity index (χ2v) is 4.92. The molecule has 6 heteroatoms. The van der Waals surface area contributed by atoms with E-state index in [1.807, 2.05) is 6.92 Å². The van der Waals surface area contributed by atoms with Crippen molar-refractivity contribution in [1.29, 1.82) is 0 Å². The molecular formula is C12H13N3O2S. The molecule has 5 nitrogen and oxygen atoms in total. The number of methoxy groups -OCH3 is 1. The van der Waals surface area contributed by atoms with Crippen molar-refractivity contribution in [3.05, 3.63) is 34.8 Å². The summed E-state index contributed by atoms with van der Waals surface area (Å²) >= 11 is 1.42. The van der Waals surface area contributed by atoms with Gasteiger partial charge in [0.2, 0.25) is 0 Å². The minimum atomic E-state index is -0.263. The number of nitrogen functional groups attached to an aromatic ring is 1. The fraction of sp³-hybridized carbons (Fsp3) is 0.167. The highest BCUT2D eigenvalue weighted by Gasteiger charge is 2.13. The van der Waals surface area contributed by atoms with E-state index in [2.05, 4.69) is 10.3 Å². The van der Waals surface area contributed by atoms with Gasteiger partial charge >= 0.3 is 0 Å². The predicted octanol–water partition coefficient (Wildman–Crippen LogP) is 2.29. The molecule has 0 aliphatic carbocycles. The molecule has 0 saturated carbocycles. The zero-order valence-corrected chi connectivity index (χ0v) is 10.9. The maximum absolute atomic E-state index is 12.0. The van der Waals surface area contributed by atoms with Crippen LogP contribution in [-0.2, 0) is 0 Å². The zero-order valence-electron chi connectivity index (χ0n) is 10.1. The summed E-state index contributed by atoms with van der Waals surface area (Å²) in [5, 5.41) is 3.29. The maximum Gasteiger partial charge on any atom is 0.261 e. The van der Waals surface area contributed by atoms with E-state index >= 15 is 0 Å². The number of amides is 1. The lowest BCUT2D eigenvalue weighted by atomic mass is 10.1. The Balaban J connectivity index is 2.23. The summed E-state index contributed by atoms with van der Waals surface area (Å²) in [6.07, 6.45) is 1.71. The minimum Gasteiger partial charge on any atom is -0.496 e. The van der Waals surface area contributed by atoms with Gasteiger partial charge in [-0.2, -0.15) is 0 Å². The molecule has 0 atom stereocenters. The molecule has 0 spiro atoms. The number of anilines is 2. The normalized spacial score (nSPS) is 10.1. The van der Waals surface area contributed by atoms with Crippen molar-refractivity contribution >= 4 is 28.1 Å². The number of hydrogen-bond donors (Lipinski definition) is 2. The first-order valence-electron chi connectivity index (χ1n) is 5.27. The molecule has 94 valence electrons. The molecule has 1 aromatic heterocycles. The van der Waals surface area contributed by atoms with Crippen LogP contribution in [0, 0.1) is 6.92 Å². The fourth-order valence-electron chi connectivity index (χ4n) is 1.47. The average molecular weight is 263 g/mol. The summed E-state index contributed by atoms with van der Waals surface area (Å²) in [7, 11) is 1.50. The van der Waals surface area contributed by atoms with E-state index in [1.165, 1.54) is 18.4 Å². The third-order valence-corrected chi connectivity index (χ3v) is 3.14. The Kier molecular flexibility index (Phi) is 3.47. The van der Waals surface area contributed by atoms with Crippen molar-refractivity contribution in [2.45, 2.75) is 6.92 Å². The first kappa shape index (κ1) is 12.4. The van der Waals surface area contributed by atoms with Gasteiger partial charge in [-0.15, -0.1) is 11.3 Å². The molecule has 1 aromatic carbocycles. The van der Waals surface area contributed by atoms with Crippen LogP contribution in [0.5, 0.6) is 5.75 Å². The third-order valence-electron chi connectivity index (χ3n) is 2.31. The molecule has 0 radical (unpaired) electrons.